The largest absolute Gasteiger partial charge is 0.460 e. The van der Waals surface area contributed by atoms with E-state index in [4.69, 9.17) is 4.74 Å². The maximum atomic E-state index is 13.7. The van der Waals surface area contributed by atoms with Crippen molar-refractivity contribution in [2.24, 2.45) is 5.92 Å². The van der Waals surface area contributed by atoms with Crippen LogP contribution in [0.5, 0.6) is 0 Å². The second-order valence-electron chi connectivity index (χ2n) is 6.42. The normalized spacial score (nSPS) is 13.0. The van der Waals surface area contributed by atoms with Crippen molar-refractivity contribution in [2.75, 3.05) is 0 Å². The molecule has 5 nitrogen and oxygen atoms in total. The van der Waals surface area contributed by atoms with E-state index in [-0.39, 0.29) is 5.56 Å². The molecule has 0 fully saturated rings. The molecular formula is C20H21F2NO4S. The van der Waals surface area contributed by atoms with Crippen LogP contribution >= 0.6 is 0 Å². The molecule has 0 saturated carbocycles. The Hall–Kier alpha value is -2.58. The number of rotatable bonds is 8. The van der Waals surface area contributed by atoms with Gasteiger partial charge in [0.25, 0.3) is 0 Å². The lowest BCUT2D eigenvalue weighted by Crippen LogP contribution is -2.44. The van der Waals surface area contributed by atoms with Crippen LogP contribution in [0, 0.1) is 17.6 Å². The van der Waals surface area contributed by atoms with Crippen LogP contribution in [0.4, 0.5) is 8.78 Å². The molecule has 0 heterocycles. The fraction of sp³-hybridized carbons (Fsp3) is 0.250. The highest BCUT2D eigenvalue weighted by molar-refractivity contribution is 7.92. The van der Waals surface area contributed by atoms with E-state index in [9.17, 15) is 22.0 Å². The molecule has 0 aliphatic rings. The molecule has 150 valence electrons. The van der Waals surface area contributed by atoms with Gasteiger partial charge in [-0.1, -0.05) is 56.3 Å². The van der Waals surface area contributed by atoms with Gasteiger partial charge >= 0.3 is 5.97 Å². The van der Waals surface area contributed by atoms with Crippen LogP contribution in [0.1, 0.15) is 25.0 Å². The summed E-state index contributed by atoms with van der Waals surface area (Å²) < 4.78 is 58.7. The second kappa shape index (κ2) is 9.57. The number of carbonyl (C=O) groups excluding carboxylic acids is 1. The topological polar surface area (TPSA) is 72.5 Å². The van der Waals surface area contributed by atoms with Crippen molar-refractivity contribution in [3.05, 3.63) is 76.7 Å². The molecule has 0 aliphatic carbocycles. The molecule has 8 heteroatoms. The van der Waals surface area contributed by atoms with Crippen molar-refractivity contribution in [1.82, 2.24) is 4.72 Å². The predicted octanol–water partition coefficient (Wildman–Crippen LogP) is 3.62. The first kappa shape index (κ1) is 21.7. The molecule has 0 radical (unpaired) electrons. The summed E-state index contributed by atoms with van der Waals surface area (Å²) in [7, 11) is -3.93. The average molecular weight is 409 g/mol. The van der Waals surface area contributed by atoms with E-state index in [1.807, 2.05) is 0 Å². The molecule has 2 aromatic rings. The molecule has 0 saturated heterocycles. The first-order valence-corrected chi connectivity index (χ1v) is 10.1. The number of carbonyl (C=O) groups is 1. The first-order valence-electron chi connectivity index (χ1n) is 8.54. The average Bonchev–Trinajstić information content (AvgIpc) is 2.66. The maximum absolute atomic E-state index is 13.7. The number of hydrogen-bond acceptors (Lipinski definition) is 4. The standard InChI is InChI=1S/C20H21F2NO4S/c1-14(2)19(20(24)27-13-16-9-6-10-17(21)18(16)22)23-28(25,26)12-11-15-7-4-3-5-8-15/h3-12,14,19,23H,13H2,1-2H3. The molecule has 0 aromatic heterocycles. The number of nitrogens with one attached hydrogen (secondary N) is 1. The Labute approximate surface area is 163 Å². The van der Waals surface area contributed by atoms with Crippen molar-refractivity contribution in [3.63, 3.8) is 0 Å². The van der Waals surface area contributed by atoms with E-state index in [0.717, 1.165) is 11.5 Å². The number of halogens is 2. The molecular weight excluding hydrogens is 388 g/mol. The zero-order chi connectivity index (χ0) is 20.7. The lowest BCUT2D eigenvalue weighted by Gasteiger charge is -2.20. The minimum atomic E-state index is -3.93. The van der Waals surface area contributed by atoms with Crippen LogP contribution in [-0.4, -0.2) is 20.4 Å². The van der Waals surface area contributed by atoms with Crippen molar-refractivity contribution in [3.8, 4) is 0 Å². The minimum absolute atomic E-state index is 0.136. The molecule has 2 rings (SSSR count). The highest BCUT2D eigenvalue weighted by Crippen LogP contribution is 2.14. The monoisotopic (exact) mass is 409 g/mol. The third-order valence-electron chi connectivity index (χ3n) is 3.85. The van der Waals surface area contributed by atoms with Crippen LogP contribution in [0.2, 0.25) is 0 Å². The van der Waals surface area contributed by atoms with Crippen LogP contribution < -0.4 is 4.72 Å². The molecule has 0 bridgehead atoms. The van der Waals surface area contributed by atoms with Gasteiger partial charge in [0.05, 0.1) is 0 Å². The summed E-state index contributed by atoms with van der Waals surface area (Å²) in [6.45, 7) is 2.77. The summed E-state index contributed by atoms with van der Waals surface area (Å²) in [6.07, 6.45) is 1.40. The Morgan fingerprint density at radius 2 is 1.79 bits per heavy atom. The number of ether oxygens (including phenoxy) is 1. The Balaban J connectivity index is 2.06. The Bertz CT molecular complexity index is 944. The van der Waals surface area contributed by atoms with E-state index in [2.05, 4.69) is 4.72 Å². The van der Waals surface area contributed by atoms with Gasteiger partial charge in [-0.05, 0) is 23.6 Å². The number of hydrogen-bond donors (Lipinski definition) is 1. The Kier molecular flexibility index (Phi) is 7.42. The molecule has 0 aliphatic heterocycles. The second-order valence-corrected chi connectivity index (χ2v) is 8.02. The zero-order valence-electron chi connectivity index (χ0n) is 15.4. The summed E-state index contributed by atoms with van der Waals surface area (Å²) in [5, 5.41) is 0.956. The molecule has 1 N–H and O–H groups in total. The van der Waals surface area contributed by atoms with Crippen molar-refractivity contribution < 1.29 is 26.7 Å². The molecule has 0 spiro atoms. The Morgan fingerprint density at radius 3 is 2.43 bits per heavy atom. The SMILES string of the molecule is CC(C)C(NS(=O)(=O)C=Cc1ccccc1)C(=O)OCc1cccc(F)c1F. The van der Waals surface area contributed by atoms with Gasteiger partial charge in [0.1, 0.15) is 12.6 Å². The molecule has 2 aromatic carbocycles. The number of sulfonamides is 1. The van der Waals surface area contributed by atoms with Gasteiger partial charge in [-0.25, -0.2) is 17.2 Å². The zero-order valence-corrected chi connectivity index (χ0v) is 16.2. The predicted molar refractivity (Wildman–Crippen MR) is 102 cm³/mol. The molecule has 28 heavy (non-hydrogen) atoms. The highest BCUT2D eigenvalue weighted by Gasteiger charge is 2.28. The lowest BCUT2D eigenvalue weighted by molar-refractivity contribution is -0.148. The van der Waals surface area contributed by atoms with E-state index in [1.54, 1.807) is 44.2 Å². The van der Waals surface area contributed by atoms with Gasteiger partial charge in [0.15, 0.2) is 11.6 Å². The maximum Gasteiger partial charge on any atom is 0.324 e. The summed E-state index contributed by atoms with van der Waals surface area (Å²) in [5.41, 5.74) is 0.542. The third-order valence-corrected chi connectivity index (χ3v) is 4.93. The molecule has 1 atom stereocenters. The Morgan fingerprint density at radius 1 is 1.11 bits per heavy atom. The van der Waals surface area contributed by atoms with Crippen molar-refractivity contribution >= 4 is 22.1 Å². The van der Waals surface area contributed by atoms with Gasteiger partial charge in [-0.15, -0.1) is 0 Å². The summed E-state index contributed by atoms with van der Waals surface area (Å²) >= 11 is 0. The lowest BCUT2D eigenvalue weighted by atomic mass is 10.1. The quantitative estimate of drug-likeness (QED) is 0.676. The van der Waals surface area contributed by atoms with Gasteiger partial charge in [0, 0.05) is 11.0 Å². The minimum Gasteiger partial charge on any atom is -0.460 e. The third kappa shape index (κ3) is 6.24. The van der Waals surface area contributed by atoms with E-state index in [1.165, 1.54) is 18.2 Å². The fourth-order valence-electron chi connectivity index (χ4n) is 2.30. The summed E-state index contributed by atoms with van der Waals surface area (Å²) in [6, 6.07) is 11.1. The fourth-order valence-corrected chi connectivity index (χ4v) is 3.44. The summed E-state index contributed by atoms with van der Waals surface area (Å²) in [5.74, 6) is -3.47. The first-order chi connectivity index (χ1) is 13.2. The van der Waals surface area contributed by atoms with Crippen molar-refractivity contribution in [1.29, 1.82) is 0 Å². The van der Waals surface area contributed by atoms with Crippen LogP contribution in [0.3, 0.4) is 0 Å². The van der Waals surface area contributed by atoms with E-state index >= 15 is 0 Å². The number of esters is 1. The van der Waals surface area contributed by atoms with E-state index < -0.39 is 46.2 Å². The van der Waals surface area contributed by atoms with Crippen LogP contribution in [0.15, 0.2) is 53.9 Å². The van der Waals surface area contributed by atoms with Crippen LogP contribution in [-0.2, 0) is 26.2 Å². The molecule has 1 unspecified atom stereocenters. The van der Waals surface area contributed by atoms with Gasteiger partial charge < -0.3 is 4.74 Å². The van der Waals surface area contributed by atoms with Crippen LogP contribution in [0.25, 0.3) is 6.08 Å². The smallest absolute Gasteiger partial charge is 0.324 e. The highest BCUT2D eigenvalue weighted by atomic mass is 32.2. The number of benzene rings is 2. The molecule has 0 amide bonds. The van der Waals surface area contributed by atoms with E-state index in [0.29, 0.717) is 5.56 Å². The van der Waals surface area contributed by atoms with Gasteiger partial charge in [0.2, 0.25) is 10.0 Å². The van der Waals surface area contributed by atoms with Gasteiger partial charge in [-0.2, -0.15) is 4.72 Å². The van der Waals surface area contributed by atoms with Crippen molar-refractivity contribution in [2.45, 2.75) is 26.5 Å². The van der Waals surface area contributed by atoms with Gasteiger partial charge in [-0.3, -0.25) is 4.79 Å². The summed E-state index contributed by atoms with van der Waals surface area (Å²) in [4.78, 5) is 12.3.